The van der Waals surface area contributed by atoms with Gasteiger partial charge in [-0.15, -0.1) is 0 Å². The summed E-state index contributed by atoms with van der Waals surface area (Å²) in [5.41, 5.74) is 8.14. The van der Waals surface area contributed by atoms with Gasteiger partial charge in [0.2, 0.25) is 0 Å². The Hall–Kier alpha value is -0.730. The van der Waals surface area contributed by atoms with Gasteiger partial charge in [0.05, 0.1) is 10.7 Å². The first-order valence-electron chi connectivity index (χ1n) is 6.73. The molecule has 0 spiro atoms. The molecule has 102 valence electrons. The molecule has 1 atom stereocenters. The lowest BCUT2D eigenvalue weighted by Crippen LogP contribution is -2.27. The molecule has 1 unspecified atom stereocenters. The normalized spacial score (nSPS) is 12.8. The molecule has 0 aromatic heterocycles. The molecule has 1 aromatic carbocycles. The van der Waals surface area contributed by atoms with Crippen LogP contribution in [0.4, 0.5) is 5.69 Å². The van der Waals surface area contributed by atoms with Crippen LogP contribution in [-0.4, -0.2) is 19.1 Å². The van der Waals surface area contributed by atoms with Crippen molar-refractivity contribution in [3.8, 4) is 0 Å². The number of nitrogens with zero attached hydrogens (tertiary/aromatic N) is 1. The summed E-state index contributed by atoms with van der Waals surface area (Å²) in [6, 6.07) is 6.47. The predicted octanol–water partition coefficient (Wildman–Crippen LogP) is 3.71. The third kappa shape index (κ3) is 4.51. The van der Waals surface area contributed by atoms with Gasteiger partial charge in [-0.05, 0) is 43.9 Å². The van der Waals surface area contributed by atoms with Crippen molar-refractivity contribution < 1.29 is 0 Å². The summed E-state index contributed by atoms with van der Waals surface area (Å²) in [7, 11) is 0. The zero-order valence-corrected chi connectivity index (χ0v) is 12.7. The van der Waals surface area contributed by atoms with Crippen molar-refractivity contribution in [2.75, 3.05) is 18.0 Å². The second-order valence-corrected chi connectivity index (χ2v) is 5.81. The van der Waals surface area contributed by atoms with E-state index in [1.807, 2.05) is 13.0 Å². The Kier molecular flexibility index (Phi) is 5.97. The highest BCUT2D eigenvalue weighted by atomic mass is 35.5. The summed E-state index contributed by atoms with van der Waals surface area (Å²) in [5.74, 6) is 0.629. The molecule has 0 bridgehead atoms. The quantitative estimate of drug-likeness (QED) is 0.852. The predicted molar refractivity (Wildman–Crippen MR) is 81.5 cm³/mol. The number of halogens is 1. The molecular weight excluding hydrogens is 244 g/mol. The van der Waals surface area contributed by atoms with Crippen molar-refractivity contribution in [3.63, 3.8) is 0 Å². The van der Waals surface area contributed by atoms with Crippen LogP contribution in [0.5, 0.6) is 0 Å². The fourth-order valence-electron chi connectivity index (χ4n) is 2.14. The third-order valence-corrected chi connectivity index (χ3v) is 3.18. The molecule has 0 heterocycles. The van der Waals surface area contributed by atoms with E-state index < -0.39 is 0 Å². The molecule has 0 aliphatic carbocycles. The van der Waals surface area contributed by atoms with Crippen LogP contribution >= 0.6 is 11.6 Å². The molecule has 3 heteroatoms. The third-order valence-electron chi connectivity index (χ3n) is 2.88. The van der Waals surface area contributed by atoms with Gasteiger partial charge >= 0.3 is 0 Å². The second-order valence-electron chi connectivity index (χ2n) is 5.40. The minimum atomic E-state index is 0.171. The molecule has 0 saturated carbocycles. The van der Waals surface area contributed by atoms with E-state index in [0.29, 0.717) is 5.92 Å². The average molecular weight is 269 g/mol. The topological polar surface area (TPSA) is 29.3 Å². The van der Waals surface area contributed by atoms with Gasteiger partial charge in [-0.25, -0.2) is 0 Å². The monoisotopic (exact) mass is 268 g/mol. The molecule has 2 nitrogen and oxygen atoms in total. The standard InChI is InChI=1S/C15H25ClN2/c1-5-18(10-11(2)3)15-7-6-13(8-12(4)17)9-14(15)16/h6-7,9,11-12H,5,8,10,17H2,1-4H3. The SMILES string of the molecule is CCN(CC(C)C)c1ccc(CC(C)N)cc1Cl. The number of hydrogen-bond donors (Lipinski definition) is 1. The highest BCUT2D eigenvalue weighted by Crippen LogP contribution is 2.27. The van der Waals surface area contributed by atoms with Crippen molar-refractivity contribution >= 4 is 17.3 Å². The highest BCUT2D eigenvalue weighted by molar-refractivity contribution is 6.33. The van der Waals surface area contributed by atoms with E-state index in [1.165, 1.54) is 5.56 Å². The van der Waals surface area contributed by atoms with E-state index in [4.69, 9.17) is 17.3 Å². The van der Waals surface area contributed by atoms with Gasteiger partial charge in [-0.3, -0.25) is 0 Å². The van der Waals surface area contributed by atoms with Crippen molar-refractivity contribution in [2.24, 2.45) is 11.7 Å². The van der Waals surface area contributed by atoms with Gasteiger partial charge in [0.15, 0.2) is 0 Å². The fraction of sp³-hybridized carbons (Fsp3) is 0.600. The molecule has 0 radical (unpaired) electrons. The van der Waals surface area contributed by atoms with Gasteiger partial charge in [0.1, 0.15) is 0 Å². The molecule has 0 saturated heterocycles. The van der Waals surface area contributed by atoms with E-state index >= 15 is 0 Å². The van der Waals surface area contributed by atoms with Crippen LogP contribution in [0.1, 0.15) is 33.3 Å². The molecule has 18 heavy (non-hydrogen) atoms. The van der Waals surface area contributed by atoms with Gasteiger partial charge in [0, 0.05) is 19.1 Å². The molecule has 1 rings (SSSR count). The first kappa shape index (κ1) is 15.3. The number of benzene rings is 1. The lowest BCUT2D eigenvalue weighted by Gasteiger charge is -2.26. The largest absolute Gasteiger partial charge is 0.370 e. The Morgan fingerprint density at radius 2 is 1.94 bits per heavy atom. The molecule has 1 aromatic rings. The number of nitrogens with two attached hydrogens (primary N) is 1. The maximum absolute atomic E-state index is 6.39. The Balaban J connectivity index is 2.89. The minimum absolute atomic E-state index is 0.171. The van der Waals surface area contributed by atoms with Gasteiger partial charge in [0.25, 0.3) is 0 Å². The van der Waals surface area contributed by atoms with Crippen LogP contribution in [0.2, 0.25) is 5.02 Å². The summed E-state index contributed by atoms with van der Waals surface area (Å²) in [6.07, 6.45) is 0.871. The smallest absolute Gasteiger partial charge is 0.0642 e. The van der Waals surface area contributed by atoms with E-state index in [0.717, 1.165) is 30.2 Å². The summed E-state index contributed by atoms with van der Waals surface area (Å²) in [4.78, 5) is 2.32. The van der Waals surface area contributed by atoms with Crippen molar-refractivity contribution in [1.29, 1.82) is 0 Å². The Bertz CT molecular complexity index is 375. The number of hydrogen-bond acceptors (Lipinski definition) is 2. The number of anilines is 1. The molecular formula is C15H25ClN2. The zero-order chi connectivity index (χ0) is 13.7. The van der Waals surface area contributed by atoms with Gasteiger partial charge in [-0.1, -0.05) is 31.5 Å². The number of rotatable bonds is 6. The molecule has 0 fully saturated rings. The van der Waals surface area contributed by atoms with Crippen LogP contribution in [0.15, 0.2) is 18.2 Å². The minimum Gasteiger partial charge on any atom is -0.370 e. The first-order chi connectivity index (χ1) is 8.43. The van der Waals surface area contributed by atoms with Gasteiger partial charge < -0.3 is 10.6 Å². The maximum Gasteiger partial charge on any atom is 0.0642 e. The summed E-state index contributed by atoms with van der Waals surface area (Å²) >= 11 is 6.39. The average Bonchev–Trinajstić information content (AvgIpc) is 2.25. The van der Waals surface area contributed by atoms with E-state index in [-0.39, 0.29) is 6.04 Å². The highest BCUT2D eigenvalue weighted by Gasteiger charge is 2.11. The molecule has 2 N–H and O–H groups in total. The lowest BCUT2D eigenvalue weighted by molar-refractivity contribution is 0.619. The zero-order valence-electron chi connectivity index (χ0n) is 11.9. The van der Waals surface area contributed by atoms with Crippen molar-refractivity contribution in [3.05, 3.63) is 28.8 Å². The Morgan fingerprint density at radius 3 is 2.39 bits per heavy atom. The van der Waals surface area contributed by atoms with Crippen LogP contribution in [-0.2, 0) is 6.42 Å². The van der Waals surface area contributed by atoms with Crippen LogP contribution in [0, 0.1) is 5.92 Å². The Morgan fingerprint density at radius 1 is 1.28 bits per heavy atom. The molecule has 0 aliphatic rings. The van der Waals surface area contributed by atoms with Crippen LogP contribution in [0.25, 0.3) is 0 Å². The van der Waals surface area contributed by atoms with Crippen molar-refractivity contribution in [2.45, 2.75) is 40.2 Å². The molecule has 0 aliphatic heterocycles. The molecule has 0 amide bonds. The van der Waals surface area contributed by atoms with Crippen molar-refractivity contribution in [1.82, 2.24) is 0 Å². The second kappa shape index (κ2) is 7.01. The summed E-state index contributed by atoms with van der Waals surface area (Å²) in [6.45, 7) is 10.6. The van der Waals surface area contributed by atoms with E-state index in [9.17, 15) is 0 Å². The van der Waals surface area contributed by atoms with Crippen LogP contribution in [0.3, 0.4) is 0 Å². The fourth-order valence-corrected chi connectivity index (χ4v) is 2.47. The summed E-state index contributed by atoms with van der Waals surface area (Å²) in [5, 5.41) is 0.829. The van der Waals surface area contributed by atoms with Crippen LogP contribution < -0.4 is 10.6 Å². The van der Waals surface area contributed by atoms with E-state index in [1.54, 1.807) is 0 Å². The van der Waals surface area contributed by atoms with E-state index in [2.05, 4.69) is 37.8 Å². The lowest BCUT2D eigenvalue weighted by atomic mass is 10.1. The van der Waals surface area contributed by atoms with Gasteiger partial charge in [-0.2, -0.15) is 0 Å². The first-order valence-corrected chi connectivity index (χ1v) is 7.10. The Labute approximate surface area is 116 Å². The maximum atomic E-state index is 6.39. The summed E-state index contributed by atoms with van der Waals surface area (Å²) < 4.78 is 0.